The van der Waals surface area contributed by atoms with Crippen LogP contribution in [-0.2, 0) is 9.59 Å². The van der Waals surface area contributed by atoms with E-state index in [9.17, 15) is 10.4 Å². The van der Waals surface area contributed by atoms with Gasteiger partial charge < -0.3 is 21.1 Å². The third-order valence-corrected chi connectivity index (χ3v) is 4.82. The van der Waals surface area contributed by atoms with Crippen LogP contribution >= 0.6 is 23.4 Å². The number of nitriles is 1. The minimum atomic E-state index is -1.82. The highest BCUT2D eigenvalue weighted by Crippen LogP contribution is 2.40. The topological polar surface area (TPSA) is 158 Å². The molecule has 1 heterocycles. The molecule has 0 saturated carbocycles. The lowest BCUT2D eigenvalue weighted by Crippen LogP contribution is -2.26. The largest absolute Gasteiger partial charge is 0.473 e. The van der Waals surface area contributed by atoms with Crippen molar-refractivity contribution in [3.63, 3.8) is 0 Å². The Kier molecular flexibility index (Phi) is 9.98. The third-order valence-electron chi connectivity index (χ3n) is 3.30. The molecule has 0 amide bonds. The number of hydrogen-bond acceptors (Lipinski definition) is 7. The van der Waals surface area contributed by atoms with E-state index in [2.05, 4.69) is 11.1 Å². The molecule has 1 aromatic heterocycles. The fourth-order valence-electron chi connectivity index (χ4n) is 2.02. The van der Waals surface area contributed by atoms with E-state index in [-0.39, 0.29) is 17.9 Å². The minimum Gasteiger partial charge on any atom is -0.473 e. The van der Waals surface area contributed by atoms with Crippen LogP contribution in [-0.4, -0.2) is 44.9 Å². The number of nitrogens with two attached hydrogens (primary N) is 1. The van der Waals surface area contributed by atoms with Gasteiger partial charge in [-0.25, -0.2) is 14.6 Å². The second kappa shape index (κ2) is 11.9. The molecule has 0 fully saturated rings. The normalized spacial score (nSPS) is 12.1. The van der Waals surface area contributed by atoms with Gasteiger partial charge in [0.15, 0.2) is 5.69 Å². The third kappa shape index (κ3) is 7.94. The first-order valence-corrected chi connectivity index (χ1v) is 9.14. The number of aliphatic carboxylic acids is 2. The average molecular weight is 424 g/mol. The van der Waals surface area contributed by atoms with Crippen LogP contribution in [0.3, 0.4) is 0 Å². The summed E-state index contributed by atoms with van der Waals surface area (Å²) < 4.78 is 0. The van der Waals surface area contributed by atoms with Gasteiger partial charge in [-0.2, -0.15) is 5.26 Å². The number of aliphatic hydroxyl groups is 1. The number of aliphatic hydroxyl groups excluding tert-OH is 1. The molecule has 10 heteroatoms. The zero-order valence-electron chi connectivity index (χ0n) is 14.5. The molecule has 0 spiro atoms. The summed E-state index contributed by atoms with van der Waals surface area (Å²) in [6.45, 7) is -0.0806. The monoisotopic (exact) mass is 423 g/mol. The lowest BCUT2D eigenvalue weighted by Gasteiger charge is -2.20. The van der Waals surface area contributed by atoms with Crippen molar-refractivity contribution >= 4 is 35.3 Å². The van der Waals surface area contributed by atoms with Crippen molar-refractivity contribution in [1.82, 2.24) is 4.98 Å². The molecule has 0 aliphatic rings. The van der Waals surface area contributed by atoms with Gasteiger partial charge in [-0.15, -0.1) is 11.8 Å². The van der Waals surface area contributed by atoms with E-state index in [0.717, 1.165) is 5.56 Å². The Hall–Kier alpha value is -2.64. The molecule has 28 heavy (non-hydrogen) atoms. The maximum Gasteiger partial charge on any atom is 0.414 e. The van der Waals surface area contributed by atoms with Gasteiger partial charge in [0.25, 0.3) is 0 Å². The van der Waals surface area contributed by atoms with Gasteiger partial charge in [-0.05, 0) is 18.1 Å². The van der Waals surface area contributed by atoms with Gasteiger partial charge in [0.05, 0.1) is 11.6 Å². The highest BCUT2D eigenvalue weighted by atomic mass is 35.5. The SMILES string of the molecule is N#Cc1ncc(Cl)cc1S[C@H](C[C@H](N)CO)c1ccccc1.O=C(O)C(=O)O. The van der Waals surface area contributed by atoms with Crippen molar-refractivity contribution in [2.24, 2.45) is 5.73 Å². The maximum atomic E-state index is 9.22. The molecule has 0 aliphatic heterocycles. The van der Waals surface area contributed by atoms with Crippen LogP contribution in [0.25, 0.3) is 0 Å². The summed E-state index contributed by atoms with van der Waals surface area (Å²) in [5.74, 6) is -3.65. The number of hydrogen-bond donors (Lipinski definition) is 4. The first kappa shape index (κ1) is 23.4. The van der Waals surface area contributed by atoms with Crippen LogP contribution in [0.5, 0.6) is 0 Å². The quantitative estimate of drug-likeness (QED) is 0.404. The zero-order chi connectivity index (χ0) is 21.1. The van der Waals surface area contributed by atoms with E-state index in [0.29, 0.717) is 22.0 Å². The number of carboxylic acids is 2. The maximum absolute atomic E-state index is 9.22. The van der Waals surface area contributed by atoms with Gasteiger partial charge >= 0.3 is 11.9 Å². The second-order valence-electron chi connectivity index (χ2n) is 5.42. The number of nitrogens with zero attached hydrogens (tertiary/aromatic N) is 2. The van der Waals surface area contributed by atoms with Crippen molar-refractivity contribution in [2.45, 2.75) is 22.6 Å². The predicted molar refractivity (Wildman–Crippen MR) is 104 cm³/mol. The molecule has 0 saturated heterocycles. The molecule has 5 N–H and O–H groups in total. The molecule has 0 bridgehead atoms. The van der Waals surface area contributed by atoms with E-state index in [1.54, 1.807) is 6.07 Å². The Morgan fingerprint density at radius 1 is 1.25 bits per heavy atom. The first-order valence-electron chi connectivity index (χ1n) is 7.88. The van der Waals surface area contributed by atoms with Crippen LogP contribution in [0.4, 0.5) is 0 Å². The standard InChI is InChI=1S/C16H16ClN3OS.C2H2O4/c17-12-6-16(14(8-18)20-9-12)22-15(7-13(19)10-21)11-4-2-1-3-5-11;3-1(4)2(5)6/h1-6,9,13,15,21H,7,10,19H2;(H,3,4)(H,5,6)/t13-,15+;/m0./s1. The lowest BCUT2D eigenvalue weighted by atomic mass is 10.1. The number of rotatable bonds is 6. The molecule has 148 valence electrons. The van der Waals surface area contributed by atoms with Crippen LogP contribution < -0.4 is 5.73 Å². The van der Waals surface area contributed by atoms with Gasteiger partial charge in [0.1, 0.15) is 6.07 Å². The summed E-state index contributed by atoms with van der Waals surface area (Å²) in [5, 5.41) is 33.7. The molecule has 2 rings (SSSR count). The van der Waals surface area contributed by atoms with Gasteiger partial charge in [0.2, 0.25) is 0 Å². The number of thioether (sulfide) groups is 1. The number of benzene rings is 1. The van der Waals surface area contributed by atoms with E-state index < -0.39 is 11.9 Å². The van der Waals surface area contributed by atoms with E-state index >= 15 is 0 Å². The van der Waals surface area contributed by atoms with Crippen molar-refractivity contribution in [3.05, 3.63) is 58.9 Å². The summed E-state index contributed by atoms with van der Waals surface area (Å²) in [4.78, 5) is 23.0. The molecule has 2 atom stereocenters. The molecule has 0 aliphatic carbocycles. The van der Waals surface area contributed by atoms with Crippen molar-refractivity contribution < 1.29 is 24.9 Å². The van der Waals surface area contributed by atoms with Gasteiger partial charge in [-0.1, -0.05) is 41.9 Å². The molecule has 2 aromatic rings. The van der Waals surface area contributed by atoms with Crippen LogP contribution in [0, 0.1) is 11.3 Å². The summed E-state index contributed by atoms with van der Waals surface area (Å²) >= 11 is 7.48. The van der Waals surface area contributed by atoms with Crippen molar-refractivity contribution in [3.8, 4) is 6.07 Å². The molecule has 0 radical (unpaired) electrons. The van der Waals surface area contributed by atoms with Gasteiger partial charge in [0, 0.05) is 22.4 Å². The first-order chi connectivity index (χ1) is 13.3. The fourth-order valence-corrected chi connectivity index (χ4v) is 3.59. The summed E-state index contributed by atoms with van der Waals surface area (Å²) in [6.07, 6.45) is 2.05. The highest BCUT2D eigenvalue weighted by Gasteiger charge is 2.19. The molecule has 0 unspecified atom stereocenters. The van der Waals surface area contributed by atoms with Crippen LogP contribution in [0.1, 0.15) is 22.9 Å². The number of halogens is 1. The van der Waals surface area contributed by atoms with E-state index in [4.69, 9.17) is 37.1 Å². The fraction of sp³-hybridized carbons (Fsp3) is 0.222. The Morgan fingerprint density at radius 2 is 1.86 bits per heavy atom. The van der Waals surface area contributed by atoms with Crippen LogP contribution in [0.15, 0.2) is 47.5 Å². The van der Waals surface area contributed by atoms with Gasteiger partial charge in [-0.3, -0.25) is 0 Å². The van der Waals surface area contributed by atoms with Crippen molar-refractivity contribution in [2.75, 3.05) is 6.61 Å². The Bertz CT molecular complexity index is 833. The highest BCUT2D eigenvalue weighted by molar-refractivity contribution is 7.99. The minimum absolute atomic E-state index is 0.00992. The average Bonchev–Trinajstić information content (AvgIpc) is 2.68. The predicted octanol–water partition coefficient (Wildman–Crippen LogP) is 2.31. The van der Waals surface area contributed by atoms with Crippen LogP contribution in [0.2, 0.25) is 5.02 Å². The number of pyridine rings is 1. The molecule has 8 nitrogen and oxygen atoms in total. The van der Waals surface area contributed by atoms with E-state index in [1.807, 2.05) is 30.3 Å². The number of aromatic nitrogens is 1. The van der Waals surface area contributed by atoms with E-state index in [1.165, 1.54) is 18.0 Å². The Labute approximate surface area is 170 Å². The summed E-state index contributed by atoms with van der Waals surface area (Å²) in [7, 11) is 0. The molecular weight excluding hydrogens is 406 g/mol. The molecular formula is C18H18ClN3O5S. The zero-order valence-corrected chi connectivity index (χ0v) is 16.1. The summed E-state index contributed by atoms with van der Waals surface area (Å²) in [6, 6.07) is 13.3. The smallest absolute Gasteiger partial charge is 0.414 e. The summed E-state index contributed by atoms with van der Waals surface area (Å²) in [5.41, 5.74) is 7.32. The Morgan fingerprint density at radius 3 is 2.36 bits per heavy atom. The number of carbonyl (C=O) groups is 2. The Balaban J connectivity index is 0.000000568. The number of carboxylic acid groups (broad SMARTS) is 2. The lowest BCUT2D eigenvalue weighted by molar-refractivity contribution is -0.159. The second-order valence-corrected chi connectivity index (χ2v) is 7.10. The molecule has 1 aromatic carbocycles. The van der Waals surface area contributed by atoms with Crippen molar-refractivity contribution in [1.29, 1.82) is 5.26 Å².